The lowest BCUT2D eigenvalue weighted by Crippen LogP contribution is -2.04. The summed E-state index contributed by atoms with van der Waals surface area (Å²) in [6, 6.07) is 24.2. The van der Waals surface area contributed by atoms with Gasteiger partial charge in [0.15, 0.2) is 5.78 Å². The fourth-order valence-electron chi connectivity index (χ4n) is 2.47. The molecular formula is C21H16O3S. The molecule has 3 aromatic rings. The van der Waals surface area contributed by atoms with E-state index in [1.807, 2.05) is 54.6 Å². The Morgan fingerprint density at radius 1 is 0.760 bits per heavy atom. The van der Waals surface area contributed by atoms with E-state index in [2.05, 4.69) is 0 Å². The predicted octanol–water partition coefficient (Wildman–Crippen LogP) is 5.03. The minimum atomic E-state index is -0.984. The molecule has 3 nitrogen and oxygen atoms in total. The Kier molecular flexibility index (Phi) is 5.31. The van der Waals surface area contributed by atoms with Gasteiger partial charge in [-0.05, 0) is 23.3 Å². The number of rotatable bonds is 6. The molecule has 0 amide bonds. The number of thioether (sulfide) groups is 1. The van der Waals surface area contributed by atoms with E-state index in [1.165, 1.54) is 11.8 Å². The normalized spacial score (nSPS) is 10.4. The number of hydrogen-bond donors (Lipinski definition) is 1. The lowest BCUT2D eigenvalue weighted by Gasteiger charge is -2.06. The van der Waals surface area contributed by atoms with Crippen LogP contribution in [0.4, 0.5) is 0 Å². The van der Waals surface area contributed by atoms with Crippen molar-refractivity contribution in [2.75, 3.05) is 5.75 Å². The van der Waals surface area contributed by atoms with E-state index in [1.54, 1.807) is 24.3 Å². The average Bonchev–Trinajstić information content (AvgIpc) is 2.67. The zero-order valence-electron chi connectivity index (χ0n) is 13.4. The molecule has 0 heterocycles. The van der Waals surface area contributed by atoms with Crippen LogP contribution in [0.3, 0.4) is 0 Å². The molecule has 4 heteroatoms. The van der Waals surface area contributed by atoms with Crippen LogP contribution in [0, 0.1) is 0 Å². The van der Waals surface area contributed by atoms with Crippen molar-refractivity contribution in [2.45, 2.75) is 4.90 Å². The molecule has 0 saturated heterocycles. The van der Waals surface area contributed by atoms with Crippen molar-refractivity contribution < 1.29 is 14.7 Å². The quantitative estimate of drug-likeness (QED) is 0.501. The molecule has 3 rings (SSSR count). The molecule has 0 fully saturated rings. The Morgan fingerprint density at radius 3 is 2.04 bits per heavy atom. The summed E-state index contributed by atoms with van der Waals surface area (Å²) in [4.78, 5) is 24.2. The largest absolute Gasteiger partial charge is 0.478 e. The summed E-state index contributed by atoms with van der Waals surface area (Å²) in [5.74, 6) is -0.804. The Hall–Kier alpha value is -2.85. The van der Waals surface area contributed by atoms with E-state index in [0.29, 0.717) is 10.5 Å². The zero-order chi connectivity index (χ0) is 17.6. The molecule has 0 saturated carbocycles. The summed E-state index contributed by atoms with van der Waals surface area (Å²) in [6.45, 7) is 0. The molecule has 1 N–H and O–H groups in total. The van der Waals surface area contributed by atoms with Crippen LogP contribution in [0.15, 0.2) is 83.8 Å². The standard InChI is InChI=1S/C21H16O3S/c22-19(14-25-20-9-5-4-8-18(20)21(23)24)17-12-10-16(11-13-17)15-6-2-1-3-7-15/h1-13H,14H2,(H,23,24). The molecule has 0 aliphatic carbocycles. The number of carbonyl (C=O) groups excluding carboxylic acids is 1. The summed E-state index contributed by atoms with van der Waals surface area (Å²) in [5.41, 5.74) is 3.01. The van der Waals surface area contributed by atoms with Gasteiger partial charge in [-0.1, -0.05) is 66.7 Å². The highest BCUT2D eigenvalue weighted by Crippen LogP contribution is 2.24. The van der Waals surface area contributed by atoms with Gasteiger partial charge in [-0.3, -0.25) is 4.79 Å². The van der Waals surface area contributed by atoms with Gasteiger partial charge in [0.05, 0.1) is 11.3 Å². The monoisotopic (exact) mass is 348 g/mol. The fraction of sp³-hybridized carbons (Fsp3) is 0.0476. The van der Waals surface area contributed by atoms with Crippen molar-refractivity contribution in [3.8, 4) is 11.1 Å². The fourth-order valence-corrected chi connectivity index (χ4v) is 3.41. The highest BCUT2D eigenvalue weighted by molar-refractivity contribution is 8.00. The SMILES string of the molecule is O=C(CSc1ccccc1C(=O)O)c1ccc(-c2ccccc2)cc1. The van der Waals surface area contributed by atoms with Crippen LogP contribution >= 0.6 is 11.8 Å². The van der Waals surface area contributed by atoms with Gasteiger partial charge in [-0.25, -0.2) is 4.79 Å². The Balaban J connectivity index is 1.69. The number of Topliss-reactive ketones (excluding diaryl/α,β-unsaturated/α-hetero) is 1. The van der Waals surface area contributed by atoms with Gasteiger partial charge in [-0.15, -0.1) is 11.8 Å². The highest BCUT2D eigenvalue weighted by atomic mass is 32.2. The van der Waals surface area contributed by atoms with Gasteiger partial charge in [0.25, 0.3) is 0 Å². The van der Waals surface area contributed by atoms with Crippen molar-refractivity contribution >= 4 is 23.5 Å². The maximum absolute atomic E-state index is 12.4. The summed E-state index contributed by atoms with van der Waals surface area (Å²) in [6.07, 6.45) is 0. The zero-order valence-corrected chi connectivity index (χ0v) is 14.2. The van der Waals surface area contributed by atoms with Crippen molar-refractivity contribution in [1.82, 2.24) is 0 Å². The van der Waals surface area contributed by atoms with Crippen molar-refractivity contribution in [2.24, 2.45) is 0 Å². The number of aromatic carboxylic acids is 1. The number of hydrogen-bond acceptors (Lipinski definition) is 3. The molecule has 124 valence electrons. The van der Waals surface area contributed by atoms with Crippen LogP contribution in [-0.4, -0.2) is 22.6 Å². The Morgan fingerprint density at radius 2 is 1.36 bits per heavy atom. The second-order valence-electron chi connectivity index (χ2n) is 5.46. The van der Waals surface area contributed by atoms with Crippen LogP contribution < -0.4 is 0 Å². The van der Waals surface area contributed by atoms with Gasteiger partial charge in [0.2, 0.25) is 0 Å². The number of benzene rings is 3. The van der Waals surface area contributed by atoms with E-state index in [-0.39, 0.29) is 17.1 Å². The van der Waals surface area contributed by atoms with Gasteiger partial charge in [0, 0.05) is 10.5 Å². The number of carboxylic acid groups (broad SMARTS) is 1. The van der Waals surface area contributed by atoms with Gasteiger partial charge < -0.3 is 5.11 Å². The molecule has 3 aromatic carbocycles. The molecule has 0 aliphatic heterocycles. The topological polar surface area (TPSA) is 54.4 Å². The van der Waals surface area contributed by atoms with E-state index >= 15 is 0 Å². The third-order valence-corrected chi connectivity index (χ3v) is 4.86. The van der Waals surface area contributed by atoms with Crippen molar-refractivity contribution in [3.63, 3.8) is 0 Å². The third-order valence-electron chi connectivity index (χ3n) is 3.79. The Labute approximate surface area is 150 Å². The molecule has 0 spiro atoms. The molecule has 0 aromatic heterocycles. The number of carbonyl (C=O) groups is 2. The summed E-state index contributed by atoms with van der Waals surface area (Å²) >= 11 is 1.25. The van der Waals surface area contributed by atoms with Crippen LogP contribution in [0.5, 0.6) is 0 Å². The van der Waals surface area contributed by atoms with E-state index in [9.17, 15) is 14.7 Å². The lowest BCUT2D eigenvalue weighted by molar-refractivity contribution is 0.0692. The van der Waals surface area contributed by atoms with Gasteiger partial charge >= 0.3 is 5.97 Å². The smallest absolute Gasteiger partial charge is 0.336 e. The van der Waals surface area contributed by atoms with Gasteiger partial charge in [-0.2, -0.15) is 0 Å². The maximum Gasteiger partial charge on any atom is 0.336 e. The second-order valence-corrected chi connectivity index (χ2v) is 6.47. The molecule has 0 bridgehead atoms. The first kappa shape index (κ1) is 17.0. The van der Waals surface area contributed by atoms with E-state index < -0.39 is 5.97 Å². The number of ketones is 1. The minimum Gasteiger partial charge on any atom is -0.478 e. The van der Waals surface area contributed by atoms with Gasteiger partial charge in [0.1, 0.15) is 0 Å². The summed E-state index contributed by atoms with van der Waals surface area (Å²) in [7, 11) is 0. The molecule has 0 aliphatic rings. The second kappa shape index (κ2) is 7.81. The third kappa shape index (κ3) is 4.17. The molecule has 0 radical (unpaired) electrons. The predicted molar refractivity (Wildman–Crippen MR) is 100 cm³/mol. The lowest BCUT2D eigenvalue weighted by atomic mass is 10.0. The van der Waals surface area contributed by atoms with Crippen molar-refractivity contribution in [3.05, 3.63) is 90.0 Å². The first-order valence-electron chi connectivity index (χ1n) is 7.79. The summed E-state index contributed by atoms with van der Waals surface area (Å²) in [5, 5.41) is 9.19. The van der Waals surface area contributed by atoms with Crippen LogP contribution in [0.25, 0.3) is 11.1 Å². The van der Waals surface area contributed by atoms with E-state index in [0.717, 1.165) is 11.1 Å². The Bertz CT molecular complexity index is 887. The van der Waals surface area contributed by atoms with Crippen molar-refractivity contribution in [1.29, 1.82) is 0 Å². The first-order valence-corrected chi connectivity index (χ1v) is 8.77. The molecule has 0 unspecified atom stereocenters. The first-order chi connectivity index (χ1) is 12.1. The molecule has 25 heavy (non-hydrogen) atoms. The number of carboxylic acids is 1. The maximum atomic E-state index is 12.4. The van der Waals surface area contributed by atoms with Crippen LogP contribution in [-0.2, 0) is 0 Å². The van der Waals surface area contributed by atoms with Crippen LogP contribution in [0.1, 0.15) is 20.7 Å². The highest BCUT2D eigenvalue weighted by Gasteiger charge is 2.12. The molecule has 0 atom stereocenters. The summed E-state index contributed by atoms with van der Waals surface area (Å²) < 4.78 is 0. The van der Waals surface area contributed by atoms with E-state index in [4.69, 9.17) is 0 Å². The molecular weight excluding hydrogens is 332 g/mol. The van der Waals surface area contributed by atoms with Crippen LogP contribution in [0.2, 0.25) is 0 Å². The minimum absolute atomic E-state index is 0.0233. The average molecular weight is 348 g/mol.